The van der Waals surface area contributed by atoms with E-state index >= 15 is 0 Å². The Morgan fingerprint density at radius 3 is 2.69 bits per heavy atom. The molecule has 29 heavy (non-hydrogen) atoms. The first-order chi connectivity index (χ1) is 14.0. The number of allylic oxidation sites excluding steroid dienone is 2. The summed E-state index contributed by atoms with van der Waals surface area (Å²) in [6.45, 7) is 5.06. The lowest BCUT2D eigenvalue weighted by molar-refractivity contribution is -0.0847. The van der Waals surface area contributed by atoms with Gasteiger partial charge in [0.2, 0.25) is 0 Å². The third-order valence-electron chi connectivity index (χ3n) is 9.98. The number of rotatable bonds is 2. The molecule has 0 N–H and O–H groups in total. The molecule has 4 saturated carbocycles. The lowest BCUT2D eigenvalue weighted by Gasteiger charge is -2.57. The van der Waals surface area contributed by atoms with Crippen LogP contribution in [0.25, 0.3) is 0 Å². The zero-order valence-corrected chi connectivity index (χ0v) is 17.9. The quantitative estimate of drug-likeness (QED) is 0.430. The van der Waals surface area contributed by atoms with Gasteiger partial charge in [0.15, 0.2) is 0 Å². The second-order valence-corrected chi connectivity index (χ2v) is 11.1. The molecule has 0 radical (unpaired) electrons. The maximum Gasteiger partial charge on any atom is 0.338 e. The van der Waals surface area contributed by atoms with Crippen molar-refractivity contribution in [2.24, 2.45) is 40.4 Å². The Morgan fingerprint density at radius 1 is 1.03 bits per heavy atom. The van der Waals surface area contributed by atoms with Crippen LogP contribution in [0.2, 0.25) is 0 Å². The van der Waals surface area contributed by atoms with E-state index in [4.69, 9.17) is 4.74 Å². The first-order valence-corrected chi connectivity index (χ1v) is 12.0. The van der Waals surface area contributed by atoms with Crippen molar-refractivity contribution in [3.05, 3.63) is 47.5 Å². The van der Waals surface area contributed by atoms with E-state index < -0.39 is 0 Å². The Kier molecular flexibility index (Phi) is 3.91. The lowest BCUT2D eigenvalue weighted by atomic mass is 9.47. The number of esters is 1. The van der Waals surface area contributed by atoms with E-state index in [2.05, 4.69) is 19.9 Å². The second-order valence-electron chi connectivity index (χ2n) is 11.1. The second kappa shape index (κ2) is 6.22. The molecule has 2 heteroatoms. The highest BCUT2D eigenvalue weighted by Gasteiger charge is 2.67. The van der Waals surface area contributed by atoms with E-state index in [0.29, 0.717) is 11.0 Å². The van der Waals surface area contributed by atoms with Crippen LogP contribution in [0, 0.1) is 40.4 Å². The summed E-state index contributed by atoms with van der Waals surface area (Å²) in [6, 6.07) is 9.55. The van der Waals surface area contributed by atoms with Gasteiger partial charge in [0, 0.05) is 5.41 Å². The van der Waals surface area contributed by atoms with E-state index in [9.17, 15) is 4.79 Å². The number of hydrogen-bond acceptors (Lipinski definition) is 2. The van der Waals surface area contributed by atoms with Crippen LogP contribution in [0.5, 0.6) is 0 Å². The number of ether oxygens (including phenoxy) is 1. The first-order valence-electron chi connectivity index (χ1n) is 12.0. The van der Waals surface area contributed by atoms with Crippen molar-refractivity contribution in [2.75, 3.05) is 0 Å². The minimum Gasteiger partial charge on any atom is -0.458 e. The van der Waals surface area contributed by atoms with E-state index in [0.717, 1.165) is 36.0 Å². The Labute approximate surface area is 175 Å². The van der Waals surface area contributed by atoms with Gasteiger partial charge in [-0.05, 0) is 98.5 Å². The fourth-order valence-electron chi connectivity index (χ4n) is 8.53. The Bertz CT molecular complexity index is 857. The zero-order valence-electron chi connectivity index (χ0n) is 17.9. The van der Waals surface area contributed by atoms with Gasteiger partial charge in [0.05, 0.1) is 5.56 Å². The fraction of sp³-hybridized carbons (Fsp3) is 0.667. The number of carbonyl (C=O) groups is 1. The smallest absolute Gasteiger partial charge is 0.338 e. The van der Waals surface area contributed by atoms with Crippen LogP contribution in [0.15, 0.2) is 42.0 Å². The summed E-state index contributed by atoms with van der Waals surface area (Å²) in [5.74, 6) is 4.14. The Morgan fingerprint density at radius 2 is 1.86 bits per heavy atom. The first kappa shape index (κ1) is 18.2. The normalized spacial score (nSPS) is 47.2. The number of benzene rings is 1. The van der Waals surface area contributed by atoms with Gasteiger partial charge in [0.1, 0.15) is 6.10 Å². The van der Waals surface area contributed by atoms with E-state index in [1.807, 2.05) is 35.9 Å². The van der Waals surface area contributed by atoms with Gasteiger partial charge in [-0.1, -0.05) is 43.7 Å². The lowest BCUT2D eigenvalue weighted by Crippen LogP contribution is -2.52. The maximum absolute atomic E-state index is 12.8. The summed E-state index contributed by atoms with van der Waals surface area (Å²) < 4.78 is 6.18. The molecule has 0 bridgehead atoms. The van der Waals surface area contributed by atoms with Crippen molar-refractivity contribution in [2.45, 2.75) is 71.3 Å². The number of fused-ring (bicyclic) bond motifs is 8. The fourth-order valence-corrected chi connectivity index (χ4v) is 8.53. The molecule has 0 spiro atoms. The molecule has 1 aromatic carbocycles. The van der Waals surface area contributed by atoms with Gasteiger partial charge in [-0.3, -0.25) is 0 Å². The third-order valence-corrected chi connectivity index (χ3v) is 9.98. The van der Waals surface area contributed by atoms with Crippen LogP contribution in [0.3, 0.4) is 0 Å². The van der Waals surface area contributed by atoms with E-state index in [-0.39, 0.29) is 17.5 Å². The summed E-state index contributed by atoms with van der Waals surface area (Å²) in [6.07, 6.45) is 13.1. The largest absolute Gasteiger partial charge is 0.458 e. The number of carbonyl (C=O) groups excluding carboxylic acids is 1. The van der Waals surface area contributed by atoms with Crippen LogP contribution in [-0.2, 0) is 4.74 Å². The predicted molar refractivity (Wildman–Crippen MR) is 114 cm³/mol. The van der Waals surface area contributed by atoms with E-state index in [1.165, 1.54) is 44.9 Å². The van der Waals surface area contributed by atoms with Crippen LogP contribution >= 0.6 is 0 Å². The highest BCUT2D eigenvalue weighted by atomic mass is 16.5. The van der Waals surface area contributed by atoms with Gasteiger partial charge >= 0.3 is 5.97 Å². The van der Waals surface area contributed by atoms with Crippen LogP contribution in [0.4, 0.5) is 0 Å². The summed E-state index contributed by atoms with van der Waals surface area (Å²) in [5.41, 5.74) is 3.17. The van der Waals surface area contributed by atoms with Crippen molar-refractivity contribution >= 4 is 5.97 Å². The molecule has 0 aromatic heterocycles. The molecule has 1 aromatic rings. The molecule has 0 saturated heterocycles. The Balaban J connectivity index is 1.27. The van der Waals surface area contributed by atoms with Crippen molar-refractivity contribution in [1.82, 2.24) is 0 Å². The van der Waals surface area contributed by atoms with Gasteiger partial charge in [-0.2, -0.15) is 0 Å². The van der Waals surface area contributed by atoms with Crippen molar-refractivity contribution in [3.63, 3.8) is 0 Å². The topological polar surface area (TPSA) is 26.3 Å². The predicted octanol–water partition coefficient (Wildman–Crippen LogP) is 6.42. The van der Waals surface area contributed by atoms with Crippen molar-refractivity contribution in [1.29, 1.82) is 0 Å². The molecule has 4 fully saturated rings. The average Bonchev–Trinajstić information content (AvgIpc) is 3.46. The van der Waals surface area contributed by atoms with Crippen LogP contribution < -0.4 is 0 Å². The molecule has 0 heterocycles. The number of hydrogen-bond donors (Lipinski definition) is 0. The molecule has 5 aliphatic rings. The molecule has 8 atom stereocenters. The third kappa shape index (κ3) is 2.50. The molecule has 0 amide bonds. The van der Waals surface area contributed by atoms with Gasteiger partial charge in [-0.25, -0.2) is 4.79 Å². The summed E-state index contributed by atoms with van der Waals surface area (Å²) in [7, 11) is 0. The van der Waals surface area contributed by atoms with Gasteiger partial charge in [-0.15, -0.1) is 0 Å². The SMILES string of the molecule is C[C@]12CC[C@H]3[C@@H]([C@@H]4C[C@@H]4C4=CCCC[C@@]43C)[C@@H]1CC[C@@H]2OC(=O)c1ccccc1. The Hall–Kier alpha value is -1.57. The average molecular weight is 391 g/mol. The minimum atomic E-state index is -0.128. The van der Waals surface area contributed by atoms with Crippen molar-refractivity contribution in [3.8, 4) is 0 Å². The molecule has 154 valence electrons. The monoisotopic (exact) mass is 390 g/mol. The molecule has 2 nitrogen and oxygen atoms in total. The van der Waals surface area contributed by atoms with Crippen LogP contribution in [-0.4, -0.2) is 12.1 Å². The minimum absolute atomic E-state index is 0.0921. The van der Waals surface area contributed by atoms with Gasteiger partial charge < -0.3 is 4.74 Å². The summed E-state index contributed by atoms with van der Waals surface area (Å²) >= 11 is 0. The molecular formula is C27H34O2. The zero-order chi connectivity index (χ0) is 19.8. The van der Waals surface area contributed by atoms with Gasteiger partial charge in [0.25, 0.3) is 0 Å². The highest BCUT2D eigenvalue weighted by Crippen LogP contribution is 2.74. The molecule has 5 aliphatic carbocycles. The van der Waals surface area contributed by atoms with Crippen LogP contribution in [0.1, 0.15) is 75.6 Å². The van der Waals surface area contributed by atoms with E-state index in [1.54, 1.807) is 0 Å². The highest BCUT2D eigenvalue weighted by molar-refractivity contribution is 5.89. The molecular weight excluding hydrogens is 356 g/mol. The maximum atomic E-state index is 12.8. The summed E-state index contributed by atoms with van der Waals surface area (Å²) in [4.78, 5) is 12.8. The standard InChI is InChI=1S/C27H34O2/c1-26-14-7-6-10-20(26)18-16-19(18)24-21-11-12-23(27(21,2)15-13-22(24)26)29-25(28)17-8-4-3-5-9-17/h3-5,8-10,18-19,21-24H,6-7,11-16H2,1-2H3/t18-,19+,21-,22-,23-,24-,26-,27-/m0/s1. The molecule has 0 aliphatic heterocycles. The molecule has 6 rings (SSSR count). The summed E-state index contributed by atoms with van der Waals surface area (Å²) in [5, 5.41) is 0. The molecule has 0 unspecified atom stereocenters. The van der Waals surface area contributed by atoms with Crippen molar-refractivity contribution < 1.29 is 9.53 Å².